The molecular weight excluding hydrogens is 484 g/mol. The minimum atomic E-state index is -2.16. The van der Waals surface area contributed by atoms with E-state index >= 15 is 0 Å². The highest BCUT2D eigenvalue weighted by Crippen LogP contribution is 2.49. The largest absolute Gasteiger partial charge is 0.444 e. The minimum Gasteiger partial charge on any atom is -0.444 e. The van der Waals surface area contributed by atoms with E-state index in [9.17, 15) is 19.5 Å². The number of benzene rings is 2. The maximum atomic E-state index is 14.0. The topological polar surface area (TPSA) is 95.9 Å². The van der Waals surface area contributed by atoms with Gasteiger partial charge in [-0.1, -0.05) is 58.1 Å². The van der Waals surface area contributed by atoms with E-state index in [0.717, 1.165) is 12.0 Å². The highest BCUT2D eigenvalue weighted by atomic mass is 28.3. The Hall–Kier alpha value is -2.97. The van der Waals surface area contributed by atoms with Crippen LogP contribution in [0.1, 0.15) is 62.3 Å². The number of likely N-dealkylation sites (tertiary alicyclic amines) is 1. The van der Waals surface area contributed by atoms with Crippen molar-refractivity contribution in [2.75, 3.05) is 11.9 Å². The Kier molecular flexibility index (Phi) is 8.05. The van der Waals surface area contributed by atoms with E-state index in [2.05, 4.69) is 39.2 Å². The van der Waals surface area contributed by atoms with E-state index in [1.54, 1.807) is 39.0 Å². The summed E-state index contributed by atoms with van der Waals surface area (Å²) >= 11 is 0. The number of aliphatic hydroxyl groups is 1. The number of hydrogen-bond acceptors (Lipinski definition) is 6. The number of anilines is 2. The molecule has 1 amide bonds. The van der Waals surface area contributed by atoms with Gasteiger partial charge in [0.15, 0.2) is 12.1 Å². The predicted octanol–water partition coefficient (Wildman–Crippen LogP) is 6.28. The number of nitrogens with one attached hydrogen (secondary N) is 1. The number of aldehydes is 1. The summed E-state index contributed by atoms with van der Waals surface area (Å²) in [7, 11) is -2.16. The van der Waals surface area contributed by atoms with Gasteiger partial charge in [-0.25, -0.2) is 4.79 Å². The predicted molar refractivity (Wildman–Crippen MR) is 150 cm³/mol. The van der Waals surface area contributed by atoms with Crippen molar-refractivity contribution in [1.29, 1.82) is 0 Å². The number of hydrogen-bond donors (Lipinski definition) is 2. The molecule has 7 nitrogen and oxygen atoms in total. The van der Waals surface area contributed by atoms with Gasteiger partial charge in [-0.15, -0.1) is 0 Å². The van der Waals surface area contributed by atoms with Gasteiger partial charge in [-0.3, -0.25) is 14.5 Å². The van der Waals surface area contributed by atoms with Crippen molar-refractivity contribution >= 4 is 37.6 Å². The fraction of sp³-hybridized carbons (Fsp3) is 0.483. The van der Waals surface area contributed by atoms with Crippen molar-refractivity contribution in [2.24, 2.45) is 0 Å². The number of ketones is 1. The molecule has 1 aliphatic rings. The summed E-state index contributed by atoms with van der Waals surface area (Å²) in [4.78, 5) is 40.3. The molecule has 1 aliphatic heterocycles. The van der Waals surface area contributed by atoms with Gasteiger partial charge in [0, 0.05) is 34.6 Å². The van der Waals surface area contributed by atoms with Crippen LogP contribution in [-0.2, 0) is 4.74 Å². The minimum absolute atomic E-state index is 0.0609. The first-order valence-corrected chi connectivity index (χ1v) is 15.8. The number of para-hydroxylation sites is 1. The number of carbonyl (C=O) groups excluding carboxylic acids is 3. The highest BCUT2D eigenvalue weighted by molar-refractivity contribution is 6.81. The van der Waals surface area contributed by atoms with Gasteiger partial charge in [-0.05, 0) is 50.1 Å². The number of carbonyl (C=O) groups is 3. The van der Waals surface area contributed by atoms with Crippen molar-refractivity contribution in [2.45, 2.75) is 83.0 Å². The van der Waals surface area contributed by atoms with Crippen LogP contribution in [0.3, 0.4) is 0 Å². The third-order valence-electron chi connectivity index (χ3n) is 7.74. The highest BCUT2D eigenvalue weighted by Gasteiger charge is 2.56. The Bertz CT molecular complexity index is 1150. The third kappa shape index (κ3) is 6.13. The molecule has 2 aromatic rings. The lowest BCUT2D eigenvalue weighted by atomic mass is 9.98. The lowest BCUT2D eigenvalue weighted by Crippen LogP contribution is -2.49. The van der Waals surface area contributed by atoms with E-state index in [-0.39, 0.29) is 22.9 Å². The fourth-order valence-electron chi connectivity index (χ4n) is 4.62. The lowest BCUT2D eigenvalue weighted by molar-refractivity contribution is 0.0158. The maximum absolute atomic E-state index is 14.0. The SMILES string of the molecule is CC(C)(C)OC(=O)N1CC([Si](C)(C)C(C)(C)C)C(O)[C@H]1C(=O)c1ccc(C=O)c(Nc2ccccc2)c1. The van der Waals surface area contributed by atoms with Gasteiger partial charge in [0.2, 0.25) is 0 Å². The van der Waals surface area contributed by atoms with Crippen molar-refractivity contribution < 1.29 is 24.2 Å². The molecule has 8 heteroatoms. The molecule has 0 saturated carbocycles. The third-order valence-corrected chi connectivity index (χ3v) is 14.0. The van der Waals surface area contributed by atoms with Gasteiger partial charge < -0.3 is 15.2 Å². The molecule has 0 radical (unpaired) electrons. The first kappa shape index (κ1) is 28.6. The Balaban J connectivity index is 2.03. The number of Topliss-reactive ketones (excluding diaryl/α,β-unsaturated/α-hetero) is 1. The van der Waals surface area contributed by atoms with Crippen LogP contribution in [0.4, 0.5) is 16.2 Å². The van der Waals surface area contributed by atoms with E-state index in [1.807, 2.05) is 30.3 Å². The first-order valence-electron chi connectivity index (χ1n) is 12.7. The molecule has 3 rings (SSSR count). The van der Waals surface area contributed by atoms with Gasteiger partial charge in [0.25, 0.3) is 0 Å². The molecule has 0 bridgehead atoms. The van der Waals surface area contributed by atoms with Crippen LogP contribution in [0.2, 0.25) is 23.7 Å². The van der Waals surface area contributed by atoms with E-state index in [1.165, 1.54) is 4.90 Å². The van der Waals surface area contributed by atoms with E-state index in [4.69, 9.17) is 4.74 Å². The molecule has 0 aromatic heterocycles. The monoisotopic (exact) mass is 524 g/mol. The molecule has 3 atom stereocenters. The van der Waals surface area contributed by atoms with Crippen LogP contribution >= 0.6 is 0 Å². The van der Waals surface area contributed by atoms with Crippen molar-refractivity contribution in [1.82, 2.24) is 4.90 Å². The molecule has 0 spiro atoms. The van der Waals surface area contributed by atoms with Crippen LogP contribution in [0.15, 0.2) is 48.5 Å². The van der Waals surface area contributed by atoms with Crippen LogP contribution in [0, 0.1) is 0 Å². The standard InChI is InChI=1S/C29H40N2O5Si/c1-28(2,3)36-27(35)31-17-23(37(7,8)29(4,5)6)26(34)24(31)25(33)19-14-15-20(18-32)22(16-19)30-21-12-10-9-11-13-21/h9-16,18,23-24,26,30,34H,17H2,1-8H3/t23?,24-,26?/m1/s1. The normalized spacial score (nSPS) is 20.5. The quantitative estimate of drug-likeness (QED) is 0.262. The molecule has 1 heterocycles. The van der Waals surface area contributed by atoms with Crippen molar-refractivity contribution in [3.05, 3.63) is 59.7 Å². The zero-order valence-electron chi connectivity index (χ0n) is 23.2. The van der Waals surface area contributed by atoms with Gasteiger partial charge in [0.1, 0.15) is 11.6 Å². The van der Waals surface area contributed by atoms with Gasteiger partial charge in [-0.2, -0.15) is 0 Å². The molecular formula is C29H40N2O5Si. The molecule has 2 aromatic carbocycles. The summed E-state index contributed by atoms with van der Waals surface area (Å²) in [6, 6.07) is 13.0. The van der Waals surface area contributed by atoms with Crippen LogP contribution in [0.5, 0.6) is 0 Å². The molecule has 200 valence electrons. The van der Waals surface area contributed by atoms with Crippen LogP contribution in [-0.4, -0.2) is 60.5 Å². The second-order valence-electron chi connectivity index (χ2n) is 12.4. The summed E-state index contributed by atoms with van der Waals surface area (Å²) in [5.41, 5.74) is 0.982. The summed E-state index contributed by atoms with van der Waals surface area (Å²) in [5.74, 6) is -0.381. The van der Waals surface area contributed by atoms with Crippen LogP contribution in [0.25, 0.3) is 0 Å². The second kappa shape index (κ2) is 10.4. The van der Waals surface area contributed by atoms with Crippen molar-refractivity contribution in [3.63, 3.8) is 0 Å². The Labute approximate surface area is 221 Å². The Morgan fingerprint density at radius 2 is 1.68 bits per heavy atom. The van der Waals surface area contributed by atoms with E-state index < -0.39 is 31.9 Å². The number of aliphatic hydroxyl groups excluding tert-OH is 1. The molecule has 2 unspecified atom stereocenters. The zero-order chi connectivity index (χ0) is 27.8. The Morgan fingerprint density at radius 1 is 1.05 bits per heavy atom. The first-order chi connectivity index (χ1) is 17.1. The zero-order valence-corrected chi connectivity index (χ0v) is 24.2. The summed E-state index contributed by atoms with van der Waals surface area (Å²) in [6.07, 6.45) is -0.916. The summed E-state index contributed by atoms with van der Waals surface area (Å²) in [6.45, 7) is 16.4. The second-order valence-corrected chi connectivity index (χ2v) is 18.1. The molecule has 0 aliphatic carbocycles. The number of nitrogens with zero attached hydrogens (tertiary/aromatic N) is 1. The Morgan fingerprint density at radius 3 is 2.22 bits per heavy atom. The molecule has 2 N–H and O–H groups in total. The number of amides is 1. The average Bonchev–Trinajstić information content (AvgIpc) is 3.15. The van der Waals surface area contributed by atoms with Gasteiger partial charge in [0.05, 0.1) is 14.2 Å². The van der Waals surface area contributed by atoms with Crippen LogP contribution < -0.4 is 5.32 Å². The van der Waals surface area contributed by atoms with E-state index in [0.29, 0.717) is 16.8 Å². The molecule has 1 saturated heterocycles. The average molecular weight is 525 g/mol. The smallest absolute Gasteiger partial charge is 0.411 e. The molecule has 1 fully saturated rings. The number of rotatable bonds is 6. The fourth-order valence-corrected chi connectivity index (χ4v) is 7.42. The summed E-state index contributed by atoms with van der Waals surface area (Å²) in [5, 5.41) is 14.7. The maximum Gasteiger partial charge on any atom is 0.411 e. The van der Waals surface area contributed by atoms with Crippen molar-refractivity contribution in [3.8, 4) is 0 Å². The van der Waals surface area contributed by atoms with Gasteiger partial charge >= 0.3 is 6.09 Å². The number of ether oxygens (including phenoxy) is 1. The molecule has 37 heavy (non-hydrogen) atoms. The lowest BCUT2D eigenvalue weighted by Gasteiger charge is -2.42. The summed E-state index contributed by atoms with van der Waals surface area (Å²) < 4.78 is 5.65.